The van der Waals surface area contributed by atoms with E-state index in [2.05, 4.69) is 15.9 Å². The molecule has 1 aromatic rings. The molecule has 0 aromatic carbocycles. The zero-order valence-corrected chi connectivity index (χ0v) is 14.7. The Morgan fingerprint density at radius 1 is 1.46 bits per heavy atom. The van der Waals surface area contributed by atoms with Gasteiger partial charge in [0.1, 0.15) is 18.3 Å². The lowest BCUT2D eigenvalue weighted by molar-refractivity contribution is -0.0883. The number of ether oxygens (including phenoxy) is 1. The summed E-state index contributed by atoms with van der Waals surface area (Å²) < 4.78 is 30.3. The highest BCUT2D eigenvalue weighted by atomic mass is 79.9. The molecule has 1 aromatic heterocycles. The third kappa shape index (κ3) is 2.78. The summed E-state index contributed by atoms with van der Waals surface area (Å²) in [6.07, 6.45) is -2.46. The van der Waals surface area contributed by atoms with Crippen molar-refractivity contribution in [1.29, 1.82) is 0 Å². The second-order valence-corrected chi connectivity index (χ2v) is 7.84. The topological polar surface area (TPSA) is 159 Å². The van der Waals surface area contributed by atoms with E-state index in [-0.39, 0.29) is 5.56 Å². The Hall–Kier alpha value is -1.31. The first kappa shape index (κ1) is 19.0. The number of sulfone groups is 1. The van der Waals surface area contributed by atoms with Gasteiger partial charge in [0.15, 0.2) is 9.84 Å². The second-order valence-electron chi connectivity index (χ2n) is 5.18. The van der Waals surface area contributed by atoms with Crippen LogP contribution in [0, 0.1) is 0 Å². The van der Waals surface area contributed by atoms with Crippen LogP contribution in [0.3, 0.4) is 0 Å². The van der Waals surface area contributed by atoms with Gasteiger partial charge in [-0.1, -0.05) is 15.9 Å². The van der Waals surface area contributed by atoms with Crippen LogP contribution < -0.4 is 11.2 Å². The summed E-state index contributed by atoms with van der Waals surface area (Å²) in [4.78, 5) is 27.1. The fraction of sp³-hybridized carbons (Fsp3) is 0.500. The first-order valence-corrected chi connectivity index (χ1v) is 9.38. The smallest absolute Gasteiger partial charge is 0.331 e. The van der Waals surface area contributed by atoms with Gasteiger partial charge in [-0.3, -0.25) is 14.3 Å². The number of nitrogens with zero attached hydrogens (tertiary/aromatic N) is 1. The van der Waals surface area contributed by atoms with Crippen LogP contribution in [-0.4, -0.2) is 64.5 Å². The average Bonchev–Trinajstić information content (AvgIpc) is 2.75. The molecule has 0 amide bonds. The molecule has 0 aliphatic carbocycles. The van der Waals surface area contributed by atoms with E-state index < -0.39 is 51.1 Å². The molecule has 12 heteroatoms. The monoisotopic (exact) mass is 426 g/mol. The number of rotatable bonds is 4. The quantitative estimate of drug-likeness (QED) is 0.417. The molecule has 1 fully saturated rings. The maximum Gasteiger partial charge on any atom is 0.331 e. The van der Waals surface area contributed by atoms with E-state index in [9.17, 15) is 33.3 Å². The number of halogens is 1. The van der Waals surface area contributed by atoms with Crippen LogP contribution in [-0.2, 0) is 19.6 Å². The maximum absolute atomic E-state index is 12.3. The van der Waals surface area contributed by atoms with Crippen LogP contribution in [0.4, 0.5) is 0 Å². The second kappa shape index (κ2) is 6.54. The van der Waals surface area contributed by atoms with Gasteiger partial charge in [-0.15, -0.1) is 0 Å². The van der Waals surface area contributed by atoms with Crippen molar-refractivity contribution in [2.75, 3.05) is 12.9 Å². The lowest BCUT2D eigenvalue weighted by Crippen LogP contribution is -2.56. The summed E-state index contributed by atoms with van der Waals surface area (Å²) in [7, 11) is -4.35. The molecule has 4 N–H and O–H groups in total. The van der Waals surface area contributed by atoms with Crippen LogP contribution in [0.25, 0.3) is 6.08 Å². The molecule has 1 aliphatic rings. The Bertz CT molecular complexity index is 876. The number of aromatic nitrogens is 2. The third-order valence-electron chi connectivity index (χ3n) is 3.66. The van der Waals surface area contributed by atoms with Crippen molar-refractivity contribution in [2.24, 2.45) is 0 Å². The fourth-order valence-electron chi connectivity index (χ4n) is 2.51. The van der Waals surface area contributed by atoms with Gasteiger partial charge in [0, 0.05) is 12.5 Å². The maximum atomic E-state index is 12.3. The standard InChI is InChI=1S/C12H15BrN2O8S/c1-24(21,22)12(9(18)8(17)7(5-16)23-12)15-4-6(2-3-13)10(19)14-11(15)20/h2-4,7-9,16-18H,5H2,1H3,(H,14,19,20)/t7-,8-,9-,12+/m1/s1. The first-order chi connectivity index (χ1) is 11.1. The normalized spacial score (nSPS) is 31.0. The molecule has 0 unspecified atom stereocenters. The van der Waals surface area contributed by atoms with E-state index in [1.54, 1.807) is 0 Å². The number of hydrogen-bond acceptors (Lipinski definition) is 8. The van der Waals surface area contributed by atoms with E-state index >= 15 is 0 Å². The summed E-state index contributed by atoms with van der Waals surface area (Å²) in [5, 5.41) is 26.7. The van der Waals surface area contributed by atoms with Gasteiger partial charge >= 0.3 is 5.69 Å². The van der Waals surface area contributed by atoms with Crippen LogP contribution in [0.15, 0.2) is 20.8 Å². The van der Waals surface area contributed by atoms with Crippen molar-refractivity contribution in [2.45, 2.75) is 23.4 Å². The van der Waals surface area contributed by atoms with E-state index in [1.165, 1.54) is 11.1 Å². The molecule has 134 valence electrons. The molecule has 0 spiro atoms. The van der Waals surface area contributed by atoms with Crippen LogP contribution in [0.1, 0.15) is 5.56 Å². The van der Waals surface area contributed by atoms with Gasteiger partial charge in [-0.05, 0) is 11.1 Å². The highest BCUT2D eigenvalue weighted by Crippen LogP contribution is 2.38. The van der Waals surface area contributed by atoms with Crippen molar-refractivity contribution in [3.05, 3.63) is 37.6 Å². The SMILES string of the molecule is CS(=O)(=O)[C@@]1(n2cc(C=CBr)c(=O)[nH]c2=O)O[C@H](CO)[C@@H](O)[C@H]1O. The number of nitrogens with one attached hydrogen (secondary N) is 1. The van der Waals surface area contributed by atoms with Crippen molar-refractivity contribution in [1.82, 2.24) is 9.55 Å². The van der Waals surface area contributed by atoms with Crippen molar-refractivity contribution in [3.8, 4) is 0 Å². The number of H-pyrrole nitrogens is 1. The number of hydrogen-bond donors (Lipinski definition) is 4. The average molecular weight is 427 g/mol. The first-order valence-electron chi connectivity index (χ1n) is 6.57. The minimum Gasteiger partial charge on any atom is -0.394 e. The largest absolute Gasteiger partial charge is 0.394 e. The minimum absolute atomic E-state index is 0.104. The summed E-state index contributed by atoms with van der Waals surface area (Å²) in [6, 6.07) is 0. The number of aliphatic hydroxyl groups excluding tert-OH is 3. The predicted molar refractivity (Wildman–Crippen MR) is 86.1 cm³/mol. The van der Waals surface area contributed by atoms with Gasteiger partial charge in [0.2, 0.25) is 0 Å². The molecular formula is C12H15BrN2O8S. The molecule has 10 nitrogen and oxygen atoms in total. The molecule has 0 saturated carbocycles. The molecule has 4 atom stereocenters. The van der Waals surface area contributed by atoms with Crippen molar-refractivity contribution >= 4 is 31.8 Å². The van der Waals surface area contributed by atoms with E-state index in [0.29, 0.717) is 10.8 Å². The molecular weight excluding hydrogens is 412 g/mol. The zero-order valence-electron chi connectivity index (χ0n) is 12.3. The zero-order chi connectivity index (χ0) is 18.3. The Morgan fingerprint density at radius 2 is 2.08 bits per heavy atom. The Labute approximate surface area is 144 Å². The van der Waals surface area contributed by atoms with Gasteiger partial charge < -0.3 is 20.1 Å². The van der Waals surface area contributed by atoms with Gasteiger partial charge in [0.25, 0.3) is 10.6 Å². The van der Waals surface area contributed by atoms with Gasteiger partial charge in [-0.25, -0.2) is 13.2 Å². The fourth-order valence-corrected chi connectivity index (χ4v) is 4.16. The highest BCUT2D eigenvalue weighted by molar-refractivity contribution is 9.11. The van der Waals surface area contributed by atoms with E-state index in [4.69, 9.17) is 4.74 Å². The molecule has 2 rings (SSSR count). The van der Waals surface area contributed by atoms with Crippen LogP contribution in [0.2, 0.25) is 0 Å². The Morgan fingerprint density at radius 3 is 2.54 bits per heavy atom. The summed E-state index contributed by atoms with van der Waals surface area (Å²) in [5.74, 6) is 0. The van der Waals surface area contributed by atoms with Gasteiger partial charge in [0.05, 0.1) is 12.2 Å². The lowest BCUT2D eigenvalue weighted by atomic mass is 10.1. The predicted octanol–water partition coefficient (Wildman–Crippen LogP) is -2.33. The Balaban J connectivity index is 2.84. The molecule has 0 bridgehead atoms. The van der Waals surface area contributed by atoms with Crippen LogP contribution >= 0.6 is 15.9 Å². The highest BCUT2D eigenvalue weighted by Gasteiger charge is 2.62. The molecule has 0 radical (unpaired) electrons. The number of aliphatic hydroxyl groups is 3. The molecule has 24 heavy (non-hydrogen) atoms. The van der Waals surface area contributed by atoms with E-state index in [0.717, 1.165) is 6.20 Å². The third-order valence-corrected chi connectivity index (χ3v) is 5.52. The summed E-state index contributed by atoms with van der Waals surface area (Å²) >= 11 is 2.95. The lowest BCUT2D eigenvalue weighted by Gasteiger charge is -2.31. The molecule has 1 aliphatic heterocycles. The molecule has 1 saturated heterocycles. The van der Waals surface area contributed by atoms with Crippen LogP contribution in [0.5, 0.6) is 0 Å². The summed E-state index contributed by atoms with van der Waals surface area (Å²) in [6.45, 7) is -0.790. The minimum atomic E-state index is -4.35. The van der Waals surface area contributed by atoms with E-state index in [1.807, 2.05) is 4.98 Å². The summed E-state index contributed by atoms with van der Waals surface area (Å²) in [5.41, 5.74) is -2.06. The number of aromatic amines is 1. The van der Waals surface area contributed by atoms with Crippen molar-refractivity contribution in [3.63, 3.8) is 0 Å². The van der Waals surface area contributed by atoms with Gasteiger partial charge in [-0.2, -0.15) is 0 Å². The molecule has 2 heterocycles. The Kier molecular flexibility index (Phi) is 5.18. The van der Waals surface area contributed by atoms with Crippen molar-refractivity contribution < 1.29 is 28.5 Å².